The van der Waals surface area contributed by atoms with E-state index in [1.807, 2.05) is 6.07 Å². The summed E-state index contributed by atoms with van der Waals surface area (Å²) >= 11 is 34.2. The van der Waals surface area contributed by atoms with Crippen LogP contribution in [0.3, 0.4) is 0 Å². The van der Waals surface area contributed by atoms with E-state index in [-0.39, 0.29) is 109 Å². The van der Waals surface area contributed by atoms with Gasteiger partial charge in [-0.15, -0.1) is 0 Å². The highest BCUT2D eigenvalue weighted by molar-refractivity contribution is 7.62. The van der Waals surface area contributed by atoms with Gasteiger partial charge in [-0.2, -0.15) is 5.26 Å². The number of nitrogens with zero attached hydrogens (tertiary/aromatic N) is 1. The monoisotopic (exact) mass is 1050 g/mol. The smallest absolute Gasteiger partial charge is 0.364 e. The van der Waals surface area contributed by atoms with E-state index in [1.165, 1.54) is 18.2 Å². The van der Waals surface area contributed by atoms with E-state index in [2.05, 4.69) is 5.32 Å². The van der Waals surface area contributed by atoms with Crippen molar-refractivity contribution in [3.05, 3.63) is 71.1 Å². The van der Waals surface area contributed by atoms with Crippen LogP contribution in [-0.2, 0) is 53.8 Å². The van der Waals surface area contributed by atoms with Gasteiger partial charge in [-0.25, -0.2) is 4.79 Å². The van der Waals surface area contributed by atoms with Crippen LogP contribution >= 0.6 is 74.6 Å². The highest BCUT2D eigenvalue weighted by atomic mass is 35.5. The van der Waals surface area contributed by atoms with Crippen molar-refractivity contribution >= 4 is 104 Å². The van der Waals surface area contributed by atoms with Crippen LogP contribution in [0, 0.1) is 22.2 Å². The molecule has 3 aromatic carbocycles. The topological polar surface area (TPSA) is 195 Å². The van der Waals surface area contributed by atoms with Gasteiger partial charge in [0.2, 0.25) is 5.91 Å². The molecule has 0 saturated heterocycles. The number of fused-ring (bicyclic) bond motifs is 6. The number of halogens is 5. The summed E-state index contributed by atoms with van der Waals surface area (Å²) in [5.41, 5.74) is -4.49. The summed E-state index contributed by atoms with van der Waals surface area (Å²) in [5, 5.41) is 9.91. The maximum absolute atomic E-state index is 14.4. The van der Waals surface area contributed by atoms with E-state index in [1.54, 1.807) is 41.5 Å². The quantitative estimate of drug-likeness (QED) is 0.0297. The van der Waals surface area contributed by atoms with Crippen molar-refractivity contribution in [3.8, 4) is 29.1 Å². The van der Waals surface area contributed by atoms with E-state index in [4.69, 9.17) is 100 Å². The van der Waals surface area contributed by atoms with Crippen molar-refractivity contribution in [3.63, 3.8) is 0 Å². The minimum Gasteiger partial charge on any atom is -0.455 e. The molecule has 1 amide bonds. The Morgan fingerprint density at radius 2 is 1.44 bits per heavy atom. The Morgan fingerprint density at radius 1 is 0.818 bits per heavy atom. The third-order valence-corrected chi connectivity index (χ3v) is 15.0. The molecule has 3 aromatic rings. The Hall–Kier alpha value is -3.22. The maximum atomic E-state index is 14.4. The number of hydrogen-bond donors (Lipinski definition) is 1. The molecule has 22 heteroatoms. The Balaban J connectivity index is 1.63. The number of unbranched alkanes of at least 4 members (excludes halogenated alkanes) is 3. The highest BCUT2D eigenvalue weighted by Crippen LogP contribution is 2.64. The Bertz CT molecular complexity index is 2500. The summed E-state index contributed by atoms with van der Waals surface area (Å²) in [4.78, 5) is 54.5. The van der Waals surface area contributed by atoms with Gasteiger partial charge in [0.05, 0.1) is 62.2 Å². The van der Waals surface area contributed by atoms with Crippen LogP contribution in [0.15, 0.2) is 18.2 Å². The molecule has 2 aliphatic heterocycles. The lowest BCUT2D eigenvalue weighted by Gasteiger charge is -2.38. The Kier molecular flexibility index (Phi) is 17.9. The van der Waals surface area contributed by atoms with Gasteiger partial charge in [-0.3, -0.25) is 18.9 Å². The zero-order valence-electron chi connectivity index (χ0n) is 37.4. The van der Waals surface area contributed by atoms with Gasteiger partial charge in [0.25, 0.3) is 0 Å². The minimum absolute atomic E-state index is 0.00252. The SMILES string of the molecule is COP(=O)(OC)c1cc2c(cc1OC(=O)C(C)(C)C)Oc1c(cc(CCC(=O)NCCCCCCOPOCCC#N)c(OC(=O)C(C)(C)C)c1Cl)C21OC(=O)c2c(Cl)c(Cl)c(Cl)c(Cl)c21. The second-order valence-electron chi connectivity index (χ2n) is 17.1. The van der Waals surface area contributed by atoms with Crippen LogP contribution in [0.25, 0.3) is 0 Å². The number of esters is 3. The Labute approximate surface area is 410 Å². The third-order valence-electron chi connectivity index (χ3n) is 10.3. The van der Waals surface area contributed by atoms with Gasteiger partial charge in [0.1, 0.15) is 21.8 Å². The normalized spacial score (nSPS) is 15.5. The standard InChI is InChI=1S/C44H49Cl5N2O13P2/c1-42(2,3)40(54)62-27-22-26-24(21-28(27)66(56,57-7)58-8)44(31-30(39(53)64-44)32(45)34(47)35(48)33(31)46)25-20-23(37(36(49)38(25)61-26)63-41(55)43(4,5)6)14-15-29(52)51-17-11-9-10-12-18-59-65-60-19-13-16-50/h20-22,65H,9-15,17-19H2,1-8H3,(H,51,52). The fraction of sp³-hybridized carbons (Fsp3) is 0.477. The van der Waals surface area contributed by atoms with Gasteiger partial charge < -0.3 is 42.4 Å². The molecule has 2 aliphatic rings. The summed E-state index contributed by atoms with van der Waals surface area (Å²) < 4.78 is 60.5. The zero-order chi connectivity index (χ0) is 48.9. The number of hydrogen-bond acceptors (Lipinski definition) is 14. The van der Waals surface area contributed by atoms with Crippen LogP contribution in [-0.4, -0.2) is 57.8 Å². The summed E-state index contributed by atoms with van der Waals surface area (Å²) in [7, 11) is -2.20. The molecule has 2 atom stereocenters. The second kappa shape index (κ2) is 22.0. The van der Waals surface area contributed by atoms with Crippen molar-refractivity contribution in [1.82, 2.24) is 5.32 Å². The molecule has 358 valence electrons. The molecule has 2 unspecified atom stereocenters. The van der Waals surface area contributed by atoms with Crippen molar-refractivity contribution < 1.29 is 60.8 Å². The number of nitrogens with one attached hydrogen (secondary N) is 1. The summed E-state index contributed by atoms with van der Waals surface area (Å²) in [5.74, 6) is -3.55. The van der Waals surface area contributed by atoms with Gasteiger partial charge in [-0.1, -0.05) is 70.8 Å². The van der Waals surface area contributed by atoms with Crippen LogP contribution in [0.4, 0.5) is 0 Å². The van der Waals surface area contributed by atoms with E-state index in [0.717, 1.165) is 33.5 Å². The predicted octanol–water partition coefficient (Wildman–Crippen LogP) is 11.6. The van der Waals surface area contributed by atoms with E-state index in [9.17, 15) is 23.7 Å². The van der Waals surface area contributed by atoms with Gasteiger partial charge in [0, 0.05) is 49.9 Å². The van der Waals surface area contributed by atoms with E-state index in [0.29, 0.717) is 32.6 Å². The molecule has 0 bridgehead atoms. The molecule has 0 aliphatic carbocycles. The Morgan fingerprint density at radius 3 is 2.08 bits per heavy atom. The van der Waals surface area contributed by atoms with Crippen LogP contribution in [0.1, 0.15) is 113 Å². The predicted molar refractivity (Wildman–Crippen MR) is 251 cm³/mol. The molecule has 0 fully saturated rings. The maximum Gasteiger partial charge on any atom is 0.364 e. The molecule has 1 spiro atoms. The highest BCUT2D eigenvalue weighted by Gasteiger charge is 2.58. The molecule has 0 saturated carbocycles. The first-order valence-corrected chi connectivity index (χ1v) is 24.8. The third kappa shape index (κ3) is 11.3. The summed E-state index contributed by atoms with van der Waals surface area (Å²) in [6, 6.07) is 5.99. The fourth-order valence-corrected chi connectivity index (χ4v) is 9.84. The first kappa shape index (κ1) is 53.7. The number of ether oxygens (including phenoxy) is 4. The van der Waals surface area contributed by atoms with Crippen molar-refractivity contribution in [2.45, 2.75) is 92.1 Å². The van der Waals surface area contributed by atoms with Gasteiger partial charge >= 0.3 is 25.5 Å². The number of nitriles is 1. The van der Waals surface area contributed by atoms with E-state index < -0.39 is 41.9 Å². The second-order valence-corrected chi connectivity index (χ2v) is 22.0. The lowest BCUT2D eigenvalue weighted by Crippen LogP contribution is -2.36. The molecule has 2 heterocycles. The van der Waals surface area contributed by atoms with Crippen LogP contribution < -0.4 is 24.8 Å². The number of carbonyl (C=O) groups is 4. The van der Waals surface area contributed by atoms with Gasteiger partial charge in [0.15, 0.2) is 26.1 Å². The summed E-state index contributed by atoms with van der Waals surface area (Å²) in [6.07, 6.45) is 3.33. The molecule has 1 N–H and O–H groups in total. The molecule has 0 radical (unpaired) electrons. The average Bonchev–Trinajstić information content (AvgIpc) is 3.57. The number of benzene rings is 3. The van der Waals surface area contributed by atoms with Crippen LogP contribution in [0.5, 0.6) is 23.0 Å². The van der Waals surface area contributed by atoms with E-state index >= 15 is 0 Å². The molecule has 15 nitrogen and oxygen atoms in total. The van der Waals surface area contributed by atoms with Crippen molar-refractivity contribution in [1.29, 1.82) is 5.26 Å². The number of amides is 1. The first-order valence-electron chi connectivity index (χ1n) is 20.6. The molecule has 66 heavy (non-hydrogen) atoms. The van der Waals surface area contributed by atoms with Crippen LogP contribution in [0.2, 0.25) is 25.1 Å². The van der Waals surface area contributed by atoms with Crippen molar-refractivity contribution in [2.24, 2.45) is 10.8 Å². The summed E-state index contributed by atoms with van der Waals surface area (Å²) in [6.45, 7) is 11.0. The lowest BCUT2D eigenvalue weighted by atomic mass is 9.76. The molecule has 0 aromatic heterocycles. The minimum atomic E-state index is -4.34. The van der Waals surface area contributed by atoms with Crippen molar-refractivity contribution in [2.75, 3.05) is 34.0 Å². The number of carbonyl (C=O) groups excluding carboxylic acids is 4. The fourth-order valence-electron chi connectivity index (χ4n) is 6.77. The number of aryl methyl sites for hydroxylation is 1. The largest absolute Gasteiger partial charge is 0.455 e. The average molecular weight is 1050 g/mol. The molecular formula is C44H49Cl5N2O13P2. The lowest BCUT2D eigenvalue weighted by molar-refractivity contribution is -0.143. The van der Waals surface area contributed by atoms with Gasteiger partial charge in [-0.05, 0) is 78.5 Å². The molecular weight excluding hydrogens is 1000 g/mol. The number of rotatable bonds is 19. The molecule has 5 rings (SSSR count). The first-order chi connectivity index (χ1) is 31.0. The zero-order valence-corrected chi connectivity index (χ0v) is 43.1.